The number of hydrogen-bond donors (Lipinski definition) is 1. The van der Waals surface area contributed by atoms with Crippen molar-refractivity contribution in [1.29, 1.82) is 0 Å². The molecule has 0 amide bonds. The molecule has 2 heterocycles. The van der Waals surface area contributed by atoms with Crippen LogP contribution in [0.4, 0.5) is 23.1 Å². The van der Waals surface area contributed by atoms with E-state index >= 15 is 0 Å². The van der Waals surface area contributed by atoms with Crippen LogP contribution in [0.3, 0.4) is 0 Å². The van der Waals surface area contributed by atoms with E-state index < -0.39 is 0 Å². The third-order valence-corrected chi connectivity index (χ3v) is 4.85. The second-order valence-electron chi connectivity index (χ2n) is 6.92. The number of aromatic nitrogens is 3. The molecule has 1 aliphatic rings. The van der Waals surface area contributed by atoms with E-state index in [0.717, 1.165) is 30.9 Å². The lowest BCUT2D eigenvalue weighted by molar-refractivity contribution is 0.754. The molecule has 0 aliphatic carbocycles. The maximum absolute atomic E-state index is 4.74. The zero-order chi connectivity index (χ0) is 18.1. The van der Waals surface area contributed by atoms with Crippen molar-refractivity contribution in [3.8, 4) is 0 Å². The fraction of sp³-hybridized carbons (Fsp3) is 0.286. The summed E-state index contributed by atoms with van der Waals surface area (Å²) < 4.78 is 0. The Balaban J connectivity index is 1.67. The number of fused-ring (bicyclic) bond motifs is 1. The van der Waals surface area contributed by atoms with Gasteiger partial charge in [0.25, 0.3) is 0 Å². The SMILES string of the molecule is Cc1cc(C)c(Nc2nncc(N3CCCc4ccccc43)n2)c(C)c1. The largest absolute Gasteiger partial charge is 0.325 e. The highest BCUT2D eigenvalue weighted by Crippen LogP contribution is 2.32. The lowest BCUT2D eigenvalue weighted by Crippen LogP contribution is -2.25. The number of aryl methyl sites for hydroxylation is 4. The molecule has 1 N–H and O–H groups in total. The molecule has 0 atom stereocenters. The van der Waals surface area contributed by atoms with E-state index in [1.807, 2.05) is 0 Å². The maximum Gasteiger partial charge on any atom is 0.249 e. The zero-order valence-electron chi connectivity index (χ0n) is 15.5. The van der Waals surface area contributed by atoms with Crippen LogP contribution in [0.25, 0.3) is 0 Å². The van der Waals surface area contributed by atoms with Crippen molar-refractivity contribution in [3.05, 3.63) is 64.8 Å². The Morgan fingerprint density at radius 2 is 1.81 bits per heavy atom. The van der Waals surface area contributed by atoms with Crippen molar-refractivity contribution in [3.63, 3.8) is 0 Å². The standard InChI is InChI=1S/C21H23N5/c1-14-11-15(2)20(16(3)12-14)24-21-23-19(13-22-25-21)26-10-6-8-17-7-4-5-9-18(17)26/h4-5,7,9,11-13H,6,8,10H2,1-3H3,(H,23,24,25). The predicted octanol–water partition coefficient (Wildman–Crippen LogP) is 4.62. The van der Waals surface area contributed by atoms with Crippen molar-refractivity contribution in [2.75, 3.05) is 16.8 Å². The highest BCUT2D eigenvalue weighted by atomic mass is 15.3. The van der Waals surface area contributed by atoms with E-state index in [1.165, 1.54) is 27.9 Å². The van der Waals surface area contributed by atoms with Gasteiger partial charge >= 0.3 is 0 Å². The summed E-state index contributed by atoms with van der Waals surface area (Å²) in [5.41, 5.74) is 7.24. The first-order valence-electron chi connectivity index (χ1n) is 9.02. The Hall–Kier alpha value is -2.95. The van der Waals surface area contributed by atoms with Gasteiger partial charge in [-0.15, -0.1) is 5.10 Å². The monoisotopic (exact) mass is 345 g/mol. The van der Waals surface area contributed by atoms with Crippen LogP contribution in [0.5, 0.6) is 0 Å². The molecule has 0 saturated carbocycles. The topological polar surface area (TPSA) is 53.9 Å². The van der Waals surface area contributed by atoms with Gasteiger partial charge in [0.1, 0.15) is 0 Å². The molecule has 0 fully saturated rings. The van der Waals surface area contributed by atoms with Crippen LogP contribution in [-0.4, -0.2) is 21.7 Å². The van der Waals surface area contributed by atoms with Gasteiger partial charge in [-0.1, -0.05) is 35.9 Å². The number of anilines is 4. The van der Waals surface area contributed by atoms with E-state index in [9.17, 15) is 0 Å². The van der Waals surface area contributed by atoms with Crippen LogP contribution >= 0.6 is 0 Å². The summed E-state index contributed by atoms with van der Waals surface area (Å²) >= 11 is 0. The third kappa shape index (κ3) is 3.12. The summed E-state index contributed by atoms with van der Waals surface area (Å²) in [7, 11) is 0. The molecule has 0 spiro atoms. The van der Waals surface area contributed by atoms with Crippen LogP contribution in [-0.2, 0) is 6.42 Å². The molecule has 1 aromatic heterocycles. The van der Waals surface area contributed by atoms with E-state index in [-0.39, 0.29) is 0 Å². The Morgan fingerprint density at radius 3 is 2.62 bits per heavy atom. The highest BCUT2D eigenvalue weighted by molar-refractivity contribution is 5.67. The lowest BCUT2D eigenvalue weighted by atomic mass is 10.0. The summed E-state index contributed by atoms with van der Waals surface area (Å²) in [5, 5.41) is 11.7. The minimum absolute atomic E-state index is 0.528. The average molecular weight is 345 g/mol. The molecule has 0 unspecified atom stereocenters. The Morgan fingerprint density at radius 1 is 1.04 bits per heavy atom. The lowest BCUT2D eigenvalue weighted by Gasteiger charge is -2.30. The second kappa shape index (κ2) is 6.75. The molecule has 0 bridgehead atoms. The number of rotatable bonds is 3. The van der Waals surface area contributed by atoms with Crippen LogP contribution in [0.15, 0.2) is 42.6 Å². The van der Waals surface area contributed by atoms with Gasteiger partial charge in [-0.2, -0.15) is 10.1 Å². The fourth-order valence-corrected chi connectivity index (χ4v) is 3.74. The Bertz CT molecular complexity index is 928. The molecule has 26 heavy (non-hydrogen) atoms. The number of benzene rings is 2. The van der Waals surface area contributed by atoms with Crippen molar-refractivity contribution in [2.24, 2.45) is 0 Å². The molecule has 3 aromatic rings. The molecular formula is C21H23N5. The van der Waals surface area contributed by atoms with E-state index in [1.54, 1.807) is 6.20 Å². The zero-order valence-corrected chi connectivity index (χ0v) is 15.5. The normalized spacial score (nSPS) is 13.4. The second-order valence-corrected chi connectivity index (χ2v) is 6.92. The summed E-state index contributed by atoms with van der Waals surface area (Å²) in [4.78, 5) is 6.97. The predicted molar refractivity (Wildman–Crippen MR) is 106 cm³/mol. The first-order chi connectivity index (χ1) is 12.6. The van der Waals surface area contributed by atoms with Crippen molar-refractivity contribution < 1.29 is 0 Å². The minimum Gasteiger partial charge on any atom is -0.325 e. The van der Waals surface area contributed by atoms with Crippen LogP contribution in [0.2, 0.25) is 0 Å². The molecular weight excluding hydrogens is 322 g/mol. The number of nitrogens with zero attached hydrogens (tertiary/aromatic N) is 4. The number of hydrogen-bond acceptors (Lipinski definition) is 5. The van der Waals surface area contributed by atoms with Gasteiger partial charge in [-0.05, 0) is 56.4 Å². The quantitative estimate of drug-likeness (QED) is 0.750. The van der Waals surface area contributed by atoms with Crippen LogP contribution < -0.4 is 10.2 Å². The average Bonchev–Trinajstić information content (AvgIpc) is 2.64. The molecule has 5 nitrogen and oxygen atoms in total. The van der Waals surface area contributed by atoms with Crippen LogP contribution in [0, 0.1) is 20.8 Å². The van der Waals surface area contributed by atoms with Gasteiger partial charge in [0.15, 0.2) is 5.82 Å². The summed E-state index contributed by atoms with van der Waals surface area (Å²) in [6.45, 7) is 7.25. The van der Waals surface area contributed by atoms with Gasteiger partial charge in [0, 0.05) is 17.9 Å². The fourth-order valence-electron chi connectivity index (χ4n) is 3.74. The molecule has 2 aromatic carbocycles. The van der Waals surface area contributed by atoms with Gasteiger partial charge in [-0.25, -0.2) is 0 Å². The van der Waals surface area contributed by atoms with Gasteiger partial charge in [0.05, 0.1) is 6.20 Å². The molecule has 0 radical (unpaired) electrons. The summed E-state index contributed by atoms with van der Waals surface area (Å²) in [6, 6.07) is 12.8. The molecule has 132 valence electrons. The van der Waals surface area contributed by atoms with Crippen molar-refractivity contribution >= 4 is 23.1 Å². The Labute approximate surface area is 154 Å². The van der Waals surface area contributed by atoms with E-state index in [2.05, 4.69) is 77.6 Å². The van der Waals surface area contributed by atoms with Gasteiger partial charge < -0.3 is 10.2 Å². The van der Waals surface area contributed by atoms with Gasteiger partial charge in [0.2, 0.25) is 5.95 Å². The molecule has 1 aliphatic heterocycles. The first-order valence-corrected chi connectivity index (χ1v) is 9.02. The third-order valence-electron chi connectivity index (χ3n) is 4.85. The summed E-state index contributed by atoms with van der Waals surface area (Å²) in [6.07, 6.45) is 3.96. The molecule has 0 saturated heterocycles. The highest BCUT2D eigenvalue weighted by Gasteiger charge is 2.19. The smallest absolute Gasteiger partial charge is 0.249 e. The van der Waals surface area contributed by atoms with Crippen LogP contribution in [0.1, 0.15) is 28.7 Å². The molecule has 5 heteroatoms. The van der Waals surface area contributed by atoms with Crippen molar-refractivity contribution in [2.45, 2.75) is 33.6 Å². The maximum atomic E-state index is 4.74. The first kappa shape index (κ1) is 16.5. The van der Waals surface area contributed by atoms with E-state index in [0.29, 0.717) is 5.95 Å². The van der Waals surface area contributed by atoms with Gasteiger partial charge in [-0.3, -0.25) is 0 Å². The van der Waals surface area contributed by atoms with E-state index in [4.69, 9.17) is 4.98 Å². The minimum atomic E-state index is 0.528. The Kier molecular flexibility index (Phi) is 4.29. The van der Waals surface area contributed by atoms with Crippen molar-refractivity contribution in [1.82, 2.24) is 15.2 Å². The summed E-state index contributed by atoms with van der Waals surface area (Å²) in [5.74, 6) is 1.36. The molecule has 4 rings (SSSR count). The number of nitrogens with one attached hydrogen (secondary N) is 1. The number of para-hydroxylation sites is 1.